The fraction of sp³-hybridized carbons (Fsp3) is 0.900. The van der Waals surface area contributed by atoms with E-state index in [4.69, 9.17) is 5.73 Å². The van der Waals surface area contributed by atoms with Crippen LogP contribution in [0.3, 0.4) is 0 Å². The van der Waals surface area contributed by atoms with E-state index in [0.29, 0.717) is 12.5 Å². The van der Waals surface area contributed by atoms with Gasteiger partial charge in [-0.3, -0.25) is 0 Å². The lowest BCUT2D eigenvalue weighted by atomic mass is 10.1. The van der Waals surface area contributed by atoms with Gasteiger partial charge in [0.15, 0.2) is 0 Å². The molecule has 3 N–H and O–H groups in total. The Morgan fingerprint density at radius 1 is 1.64 bits per heavy atom. The molecular weight excluding hydrogens is 178 g/mol. The van der Waals surface area contributed by atoms with Crippen molar-refractivity contribution >= 4 is 6.03 Å². The summed E-state index contributed by atoms with van der Waals surface area (Å²) in [5.41, 5.74) is 5.24. The molecule has 1 aliphatic heterocycles. The van der Waals surface area contributed by atoms with Gasteiger partial charge < -0.3 is 16.0 Å². The molecule has 0 aromatic carbocycles. The van der Waals surface area contributed by atoms with Crippen molar-refractivity contribution in [3.63, 3.8) is 0 Å². The van der Waals surface area contributed by atoms with E-state index in [1.807, 2.05) is 18.7 Å². The topological polar surface area (TPSA) is 58.4 Å². The zero-order chi connectivity index (χ0) is 10.8. The molecule has 14 heavy (non-hydrogen) atoms. The van der Waals surface area contributed by atoms with E-state index in [2.05, 4.69) is 12.2 Å². The summed E-state index contributed by atoms with van der Waals surface area (Å²) in [6.07, 6.45) is 1.11. The second-order valence-electron chi connectivity index (χ2n) is 4.86. The summed E-state index contributed by atoms with van der Waals surface area (Å²) in [6, 6.07) is 0.0183. The van der Waals surface area contributed by atoms with Gasteiger partial charge in [0.1, 0.15) is 0 Å². The molecule has 0 aromatic heterocycles. The molecular formula is C10H21N3O. The van der Waals surface area contributed by atoms with Gasteiger partial charge in [-0.15, -0.1) is 0 Å². The smallest absolute Gasteiger partial charge is 0.317 e. The van der Waals surface area contributed by atoms with E-state index in [0.717, 1.165) is 19.5 Å². The SMILES string of the molecule is CC1CCN(C(=O)NC(C)(C)CN)C1. The molecule has 4 nitrogen and oxygen atoms in total. The molecule has 1 aliphatic rings. The Balaban J connectivity index is 2.43. The number of rotatable bonds is 2. The van der Waals surface area contributed by atoms with Crippen molar-refractivity contribution in [1.82, 2.24) is 10.2 Å². The van der Waals surface area contributed by atoms with Gasteiger partial charge in [-0.25, -0.2) is 4.79 Å². The number of carbonyl (C=O) groups excluding carboxylic acids is 1. The Morgan fingerprint density at radius 2 is 2.29 bits per heavy atom. The van der Waals surface area contributed by atoms with Crippen molar-refractivity contribution in [3.05, 3.63) is 0 Å². The number of nitrogens with one attached hydrogen (secondary N) is 1. The maximum Gasteiger partial charge on any atom is 0.317 e. The fourth-order valence-electron chi connectivity index (χ4n) is 1.54. The first kappa shape index (κ1) is 11.3. The monoisotopic (exact) mass is 199 g/mol. The molecule has 2 amide bonds. The highest BCUT2D eigenvalue weighted by molar-refractivity contribution is 5.75. The second-order valence-corrected chi connectivity index (χ2v) is 4.86. The average Bonchev–Trinajstić information content (AvgIpc) is 2.51. The van der Waals surface area contributed by atoms with Gasteiger partial charge in [-0.2, -0.15) is 0 Å². The van der Waals surface area contributed by atoms with Crippen LogP contribution in [0.5, 0.6) is 0 Å². The first-order chi connectivity index (χ1) is 6.44. The number of amides is 2. The molecule has 4 heteroatoms. The van der Waals surface area contributed by atoms with E-state index >= 15 is 0 Å². The van der Waals surface area contributed by atoms with Crippen molar-refractivity contribution in [1.29, 1.82) is 0 Å². The molecule has 1 unspecified atom stereocenters. The Bertz CT molecular complexity index is 215. The quantitative estimate of drug-likeness (QED) is 0.690. The van der Waals surface area contributed by atoms with Crippen LogP contribution in [0, 0.1) is 5.92 Å². The highest BCUT2D eigenvalue weighted by Gasteiger charge is 2.26. The highest BCUT2D eigenvalue weighted by atomic mass is 16.2. The maximum absolute atomic E-state index is 11.7. The minimum absolute atomic E-state index is 0.0183. The zero-order valence-electron chi connectivity index (χ0n) is 9.34. The standard InChI is InChI=1S/C10H21N3O/c1-8-4-5-13(6-8)9(14)12-10(2,3)7-11/h8H,4-7,11H2,1-3H3,(H,12,14). The number of likely N-dealkylation sites (tertiary alicyclic amines) is 1. The third kappa shape index (κ3) is 2.87. The average molecular weight is 199 g/mol. The number of hydrogen-bond acceptors (Lipinski definition) is 2. The molecule has 0 aliphatic carbocycles. The molecule has 1 atom stereocenters. The van der Waals surface area contributed by atoms with Crippen molar-refractivity contribution in [2.75, 3.05) is 19.6 Å². The van der Waals surface area contributed by atoms with Gasteiger partial charge in [-0.1, -0.05) is 6.92 Å². The predicted molar refractivity (Wildman–Crippen MR) is 57.0 cm³/mol. The first-order valence-electron chi connectivity index (χ1n) is 5.22. The normalized spacial score (nSPS) is 22.6. The van der Waals surface area contributed by atoms with Crippen LogP contribution in [-0.2, 0) is 0 Å². The van der Waals surface area contributed by atoms with Crippen LogP contribution in [0.1, 0.15) is 27.2 Å². The van der Waals surface area contributed by atoms with Gasteiger partial charge in [0.05, 0.1) is 0 Å². The van der Waals surface area contributed by atoms with Crippen LogP contribution in [0.25, 0.3) is 0 Å². The Kier molecular flexibility index (Phi) is 3.37. The number of nitrogens with zero attached hydrogens (tertiary/aromatic N) is 1. The lowest BCUT2D eigenvalue weighted by Gasteiger charge is -2.27. The summed E-state index contributed by atoms with van der Waals surface area (Å²) < 4.78 is 0. The van der Waals surface area contributed by atoms with Crippen molar-refractivity contribution < 1.29 is 4.79 Å². The van der Waals surface area contributed by atoms with Gasteiger partial charge in [0.25, 0.3) is 0 Å². The lowest BCUT2D eigenvalue weighted by molar-refractivity contribution is 0.196. The van der Waals surface area contributed by atoms with Crippen LogP contribution < -0.4 is 11.1 Å². The Hall–Kier alpha value is -0.770. The molecule has 0 spiro atoms. The van der Waals surface area contributed by atoms with Gasteiger partial charge in [-0.05, 0) is 26.2 Å². The zero-order valence-corrected chi connectivity index (χ0v) is 9.34. The largest absolute Gasteiger partial charge is 0.332 e. The van der Waals surface area contributed by atoms with E-state index in [9.17, 15) is 4.79 Å². The van der Waals surface area contributed by atoms with Crippen LogP contribution >= 0.6 is 0 Å². The van der Waals surface area contributed by atoms with Gasteiger partial charge in [0, 0.05) is 25.2 Å². The minimum atomic E-state index is -0.303. The third-order valence-electron chi connectivity index (χ3n) is 2.67. The second kappa shape index (κ2) is 4.17. The van der Waals surface area contributed by atoms with E-state index < -0.39 is 0 Å². The number of hydrogen-bond donors (Lipinski definition) is 2. The fourth-order valence-corrected chi connectivity index (χ4v) is 1.54. The van der Waals surface area contributed by atoms with Crippen LogP contribution in [0.15, 0.2) is 0 Å². The summed E-state index contributed by atoms with van der Waals surface area (Å²) in [6.45, 7) is 8.23. The molecule has 82 valence electrons. The van der Waals surface area contributed by atoms with Crippen LogP contribution in [-0.4, -0.2) is 36.1 Å². The minimum Gasteiger partial charge on any atom is -0.332 e. The summed E-state index contributed by atoms with van der Waals surface area (Å²) >= 11 is 0. The summed E-state index contributed by atoms with van der Waals surface area (Å²) in [4.78, 5) is 13.6. The number of nitrogens with two attached hydrogens (primary N) is 1. The molecule has 1 saturated heterocycles. The molecule has 0 saturated carbocycles. The van der Waals surface area contributed by atoms with Crippen LogP contribution in [0.2, 0.25) is 0 Å². The molecule has 1 heterocycles. The number of carbonyl (C=O) groups is 1. The van der Waals surface area contributed by atoms with Crippen molar-refractivity contribution in [2.45, 2.75) is 32.7 Å². The first-order valence-corrected chi connectivity index (χ1v) is 5.22. The summed E-state index contributed by atoms with van der Waals surface area (Å²) in [5, 5.41) is 2.93. The predicted octanol–water partition coefficient (Wildman–Crippen LogP) is 0.775. The van der Waals surface area contributed by atoms with Crippen molar-refractivity contribution in [2.24, 2.45) is 11.7 Å². The summed E-state index contributed by atoms with van der Waals surface area (Å²) in [7, 11) is 0. The lowest BCUT2D eigenvalue weighted by Crippen LogP contribution is -2.53. The van der Waals surface area contributed by atoms with E-state index in [1.54, 1.807) is 0 Å². The maximum atomic E-state index is 11.7. The number of urea groups is 1. The Morgan fingerprint density at radius 3 is 2.71 bits per heavy atom. The van der Waals surface area contributed by atoms with Gasteiger partial charge >= 0.3 is 6.03 Å². The molecule has 0 bridgehead atoms. The summed E-state index contributed by atoms with van der Waals surface area (Å²) in [5.74, 6) is 0.627. The van der Waals surface area contributed by atoms with Crippen LogP contribution in [0.4, 0.5) is 4.79 Å². The van der Waals surface area contributed by atoms with Gasteiger partial charge in [0.2, 0.25) is 0 Å². The molecule has 0 radical (unpaired) electrons. The highest BCUT2D eigenvalue weighted by Crippen LogP contribution is 2.15. The van der Waals surface area contributed by atoms with E-state index in [1.165, 1.54) is 0 Å². The molecule has 1 fully saturated rings. The molecule has 0 aromatic rings. The third-order valence-corrected chi connectivity index (χ3v) is 2.67. The molecule has 1 rings (SSSR count). The van der Waals surface area contributed by atoms with E-state index in [-0.39, 0.29) is 11.6 Å². The van der Waals surface area contributed by atoms with Crippen molar-refractivity contribution in [3.8, 4) is 0 Å². The Labute approximate surface area is 85.8 Å².